The van der Waals surface area contributed by atoms with Crippen LogP contribution in [0, 0.1) is 5.41 Å². The summed E-state index contributed by atoms with van der Waals surface area (Å²) in [6.45, 7) is 3.74. The number of amides is 2. The summed E-state index contributed by atoms with van der Waals surface area (Å²) in [5, 5.41) is 2.93. The second kappa shape index (κ2) is 6.22. The summed E-state index contributed by atoms with van der Waals surface area (Å²) in [5.41, 5.74) is 0.0899. The number of rotatable bonds is 4. The monoisotopic (exact) mass is 345 g/mol. The minimum absolute atomic E-state index is 0.0104. The standard InChI is InChI=1S/C18H23N3O4/c1-20-6-8-21(9-7-20)17(23)18(4-5-18)16(22)19-11-13-2-3-14-15(10-13)25-12-24-14/h2-3,10H,4-9,11-12H2,1H3,(H,19,22). The average Bonchev–Trinajstić information content (AvgIpc) is 3.31. The van der Waals surface area contributed by atoms with E-state index in [0.717, 1.165) is 24.4 Å². The van der Waals surface area contributed by atoms with E-state index in [1.807, 2.05) is 30.1 Å². The van der Waals surface area contributed by atoms with Gasteiger partial charge in [-0.15, -0.1) is 0 Å². The Balaban J connectivity index is 1.36. The first-order valence-electron chi connectivity index (χ1n) is 8.73. The molecule has 1 saturated carbocycles. The number of ether oxygens (including phenoxy) is 2. The maximum absolute atomic E-state index is 12.8. The van der Waals surface area contributed by atoms with Gasteiger partial charge in [0.1, 0.15) is 5.41 Å². The number of carbonyl (C=O) groups excluding carboxylic acids is 2. The van der Waals surface area contributed by atoms with Crippen LogP contribution < -0.4 is 14.8 Å². The third-order valence-corrected chi connectivity index (χ3v) is 5.27. The average molecular weight is 345 g/mol. The predicted molar refractivity (Wildman–Crippen MR) is 90.2 cm³/mol. The molecule has 0 bridgehead atoms. The fourth-order valence-corrected chi connectivity index (χ4v) is 3.38. The van der Waals surface area contributed by atoms with Crippen LogP contribution in [0.1, 0.15) is 18.4 Å². The largest absolute Gasteiger partial charge is 0.454 e. The summed E-state index contributed by atoms with van der Waals surface area (Å²) < 4.78 is 10.6. The first-order valence-corrected chi connectivity index (χ1v) is 8.73. The van der Waals surface area contributed by atoms with Crippen LogP contribution in [0.25, 0.3) is 0 Å². The second-order valence-corrected chi connectivity index (χ2v) is 7.05. The molecule has 7 nitrogen and oxygen atoms in total. The quantitative estimate of drug-likeness (QED) is 0.809. The SMILES string of the molecule is CN1CCN(C(=O)C2(C(=O)NCc3ccc4c(c3)OCO4)CC2)CC1. The summed E-state index contributed by atoms with van der Waals surface area (Å²) in [7, 11) is 2.05. The molecule has 1 aliphatic carbocycles. The molecule has 1 N–H and O–H groups in total. The van der Waals surface area contributed by atoms with Gasteiger partial charge in [0.25, 0.3) is 0 Å². The van der Waals surface area contributed by atoms with Crippen LogP contribution in [0.3, 0.4) is 0 Å². The first-order chi connectivity index (χ1) is 12.1. The van der Waals surface area contributed by atoms with Crippen LogP contribution in [0.4, 0.5) is 0 Å². The molecule has 7 heteroatoms. The maximum Gasteiger partial charge on any atom is 0.238 e. The zero-order chi connectivity index (χ0) is 17.4. The number of benzene rings is 1. The summed E-state index contributed by atoms with van der Waals surface area (Å²) in [4.78, 5) is 29.5. The molecule has 0 spiro atoms. The van der Waals surface area contributed by atoms with E-state index < -0.39 is 5.41 Å². The molecule has 3 aliphatic rings. The lowest BCUT2D eigenvalue weighted by molar-refractivity contribution is -0.145. The zero-order valence-corrected chi connectivity index (χ0v) is 14.4. The predicted octanol–water partition coefficient (Wildman–Crippen LogP) is 0.586. The van der Waals surface area contributed by atoms with Gasteiger partial charge in [-0.05, 0) is 37.6 Å². The van der Waals surface area contributed by atoms with E-state index in [1.54, 1.807) is 0 Å². The van der Waals surface area contributed by atoms with Crippen LogP contribution in [0.15, 0.2) is 18.2 Å². The van der Waals surface area contributed by atoms with Crippen molar-refractivity contribution in [1.29, 1.82) is 0 Å². The van der Waals surface area contributed by atoms with Gasteiger partial charge < -0.3 is 24.6 Å². The van der Waals surface area contributed by atoms with Gasteiger partial charge in [-0.3, -0.25) is 9.59 Å². The Morgan fingerprint density at radius 3 is 2.56 bits per heavy atom. The molecular weight excluding hydrogens is 322 g/mol. The van der Waals surface area contributed by atoms with Gasteiger partial charge in [0, 0.05) is 32.7 Å². The second-order valence-electron chi connectivity index (χ2n) is 7.05. The van der Waals surface area contributed by atoms with Crippen molar-refractivity contribution in [3.63, 3.8) is 0 Å². The van der Waals surface area contributed by atoms with Crippen LogP contribution in [-0.2, 0) is 16.1 Å². The van der Waals surface area contributed by atoms with Gasteiger partial charge in [0.05, 0.1) is 0 Å². The van der Waals surface area contributed by atoms with Crippen molar-refractivity contribution >= 4 is 11.8 Å². The van der Waals surface area contributed by atoms with E-state index in [4.69, 9.17) is 9.47 Å². The van der Waals surface area contributed by atoms with Crippen molar-refractivity contribution in [3.8, 4) is 11.5 Å². The minimum Gasteiger partial charge on any atom is -0.454 e. The molecule has 0 aromatic heterocycles. The zero-order valence-electron chi connectivity index (χ0n) is 14.4. The number of likely N-dealkylation sites (N-methyl/N-ethyl adjacent to an activating group) is 1. The van der Waals surface area contributed by atoms with Gasteiger partial charge in [-0.2, -0.15) is 0 Å². The third kappa shape index (κ3) is 3.04. The molecule has 2 heterocycles. The van der Waals surface area contributed by atoms with Crippen LogP contribution in [0.2, 0.25) is 0 Å². The molecule has 2 aliphatic heterocycles. The number of fused-ring (bicyclic) bond motifs is 1. The van der Waals surface area contributed by atoms with Crippen molar-refractivity contribution < 1.29 is 19.1 Å². The van der Waals surface area contributed by atoms with Gasteiger partial charge in [0.15, 0.2) is 11.5 Å². The fourth-order valence-electron chi connectivity index (χ4n) is 3.38. The number of nitrogens with one attached hydrogen (secondary N) is 1. The van der Waals surface area contributed by atoms with Crippen molar-refractivity contribution in [2.75, 3.05) is 40.0 Å². The van der Waals surface area contributed by atoms with Gasteiger partial charge in [-0.1, -0.05) is 6.07 Å². The number of hydrogen-bond acceptors (Lipinski definition) is 5. The molecule has 0 unspecified atom stereocenters. The highest BCUT2D eigenvalue weighted by Crippen LogP contribution is 2.47. The lowest BCUT2D eigenvalue weighted by Crippen LogP contribution is -2.52. The summed E-state index contributed by atoms with van der Waals surface area (Å²) in [6.07, 6.45) is 1.29. The van der Waals surface area contributed by atoms with E-state index in [9.17, 15) is 9.59 Å². The molecule has 0 radical (unpaired) electrons. The van der Waals surface area contributed by atoms with Gasteiger partial charge in [-0.25, -0.2) is 0 Å². The van der Waals surface area contributed by atoms with E-state index in [0.29, 0.717) is 38.2 Å². The third-order valence-electron chi connectivity index (χ3n) is 5.27. The first kappa shape index (κ1) is 16.2. The Hall–Kier alpha value is -2.28. The van der Waals surface area contributed by atoms with Crippen LogP contribution in [0.5, 0.6) is 11.5 Å². The molecule has 134 valence electrons. The molecule has 2 fully saturated rings. The van der Waals surface area contributed by atoms with Crippen LogP contribution >= 0.6 is 0 Å². The molecule has 2 amide bonds. The molecule has 25 heavy (non-hydrogen) atoms. The normalized spacial score (nSPS) is 21.1. The molecule has 1 aromatic carbocycles. The van der Waals surface area contributed by atoms with Crippen molar-refractivity contribution in [2.45, 2.75) is 19.4 Å². The van der Waals surface area contributed by atoms with Gasteiger partial charge >= 0.3 is 0 Å². The highest BCUT2D eigenvalue weighted by Gasteiger charge is 2.57. The summed E-state index contributed by atoms with van der Waals surface area (Å²) in [5.74, 6) is 1.25. The molecule has 1 saturated heterocycles. The Labute approximate surface area is 146 Å². The number of piperazine rings is 1. The number of hydrogen-bond donors (Lipinski definition) is 1. The van der Waals surface area contributed by atoms with E-state index in [1.165, 1.54) is 0 Å². The highest BCUT2D eigenvalue weighted by atomic mass is 16.7. The Kier molecular flexibility index (Phi) is 4.03. The molecular formula is C18H23N3O4. The number of nitrogens with zero attached hydrogens (tertiary/aromatic N) is 2. The Morgan fingerprint density at radius 2 is 1.84 bits per heavy atom. The topological polar surface area (TPSA) is 71.1 Å². The maximum atomic E-state index is 12.8. The Morgan fingerprint density at radius 1 is 1.12 bits per heavy atom. The van der Waals surface area contributed by atoms with Gasteiger partial charge in [0.2, 0.25) is 18.6 Å². The molecule has 0 atom stereocenters. The molecule has 4 rings (SSSR count). The lowest BCUT2D eigenvalue weighted by atomic mass is 10.0. The van der Waals surface area contributed by atoms with Crippen molar-refractivity contribution in [3.05, 3.63) is 23.8 Å². The van der Waals surface area contributed by atoms with E-state index in [-0.39, 0.29) is 18.6 Å². The Bertz CT molecular complexity index is 694. The van der Waals surface area contributed by atoms with E-state index in [2.05, 4.69) is 10.2 Å². The lowest BCUT2D eigenvalue weighted by Gasteiger charge is -2.34. The van der Waals surface area contributed by atoms with E-state index >= 15 is 0 Å². The van der Waals surface area contributed by atoms with Crippen molar-refractivity contribution in [2.24, 2.45) is 5.41 Å². The van der Waals surface area contributed by atoms with Crippen LogP contribution in [-0.4, -0.2) is 61.6 Å². The highest BCUT2D eigenvalue weighted by molar-refractivity contribution is 6.07. The summed E-state index contributed by atoms with van der Waals surface area (Å²) >= 11 is 0. The summed E-state index contributed by atoms with van der Waals surface area (Å²) in [6, 6.07) is 5.60. The molecule has 1 aromatic rings. The van der Waals surface area contributed by atoms with Crippen molar-refractivity contribution in [1.82, 2.24) is 15.1 Å². The minimum atomic E-state index is -0.841. The smallest absolute Gasteiger partial charge is 0.238 e. The number of carbonyl (C=O) groups is 2. The fraction of sp³-hybridized carbons (Fsp3) is 0.556.